The van der Waals surface area contributed by atoms with Crippen molar-refractivity contribution in [3.8, 4) is 0 Å². The van der Waals surface area contributed by atoms with Crippen LogP contribution in [0.25, 0.3) is 0 Å². The van der Waals surface area contributed by atoms with Crippen LogP contribution in [0.1, 0.15) is 56.3 Å². The molecule has 0 saturated carbocycles. The maximum Gasteiger partial charge on any atom is 0.407 e. The average molecular weight is 304 g/mol. The Kier molecular flexibility index (Phi) is 5.12. The molecule has 0 radical (unpaired) electrons. The van der Waals surface area contributed by atoms with Gasteiger partial charge in [0.2, 0.25) is 0 Å². The molecule has 1 aliphatic rings. The number of amides is 1. The lowest BCUT2D eigenvalue weighted by atomic mass is 9.90. The summed E-state index contributed by atoms with van der Waals surface area (Å²) in [6.45, 7) is 10.9. The molecule has 0 bridgehead atoms. The van der Waals surface area contributed by atoms with Crippen LogP contribution in [0, 0.1) is 13.8 Å². The van der Waals surface area contributed by atoms with Gasteiger partial charge in [-0.05, 0) is 70.7 Å². The molecule has 1 aromatic carbocycles. The molecule has 2 rings (SSSR count). The minimum absolute atomic E-state index is 0.154. The van der Waals surface area contributed by atoms with Crippen LogP contribution in [0.3, 0.4) is 0 Å². The summed E-state index contributed by atoms with van der Waals surface area (Å²) in [6, 6.07) is 6.85. The molecule has 1 aromatic rings. The average Bonchev–Trinajstić information content (AvgIpc) is 2.40. The summed E-state index contributed by atoms with van der Waals surface area (Å²) in [4.78, 5) is 11.9. The van der Waals surface area contributed by atoms with Crippen molar-refractivity contribution in [2.24, 2.45) is 0 Å². The largest absolute Gasteiger partial charge is 0.444 e. The normalized spacial score (nSPS) is 22.2. The van der Waals surface area contributed by atoms with Gasteiger partial charge in [0.15, 0.2) is 0 Å². The molecule has 2 unspecified atom stereocenters. The van der Waals surface area contributed by atoms with Crippen LogP contribution in [0.2, 0.25) is 0 Å². The monoisotopic (exact) mass is 304 g/mol. The number of nitrogens with one attached hydrogen (secondary N) is 2. The van der Waals surface area contributed by atoms with Gasteiger partial charge in [-0.3, -0.25) is 0 Å². The molecule has 1 amide bonds. The Hall–Kier alpha value is -1.55. The molecule has 1 saturated heterocycles. The Morgan fingerprint density at radius 2 is 2.05 bits per heavy atom. The molecule has 4 heteroatoms. The lowest BCUT2D eigenvalue weighted by Crippen LogP contribution is -2.45. The first kappa shape index (κ1) is 16.8. The fourth-order valence-corrected chi connectivity index (χ4v) is 2.91. The number of alkyl carbamates (subject to hydrolysis) is 1. The second kappa shape index (κ2) is 6.69. The summed E-state index contributed by atoms with van der Waals surface area (Å²) in [5.74, 6) is 0. The first-order valence-corrected chi connectivity index (χ1v) is 8.05. The lowest BCUT2D eigenvalue weighted by Gasteiger charge is -2.32. The van der Waals surface area contributed by atoms with Gasteiger partial charge in [-0.15, -0.1) is 0 Å². The van der Waals surface area contributed by atoms with E-state index in [1.54, 1.807) is 0 Å². The minimum atomic E-state index is -0.455. The summed E-state index contributed by atoms with van der Waals surface area (Å²) in [7, 11) is 0. The molecule has 1 aliphatic heterocycles. The van der Waals surface area contributed by atoms with Crippen molar-refractivity contribution in [2.75, 3.05) is 6.54 Å². The van der Waals surface area contributed by atoms with Crippen molar-refractivity contribution in [2.45, 2.75) is 65.1 Å². The summed E-state index contributed by atoms with van der Waals surface area (Å²) in [6.07, 6.45) is 1.50. The van der Waals surface area contributed by atoms with Crippen LogP contribution in [0.4, 0.5) is 4.79 Å². The second-order valence-corrected chi connectivity index (χ2v) is 7.16. The van der Waals surface area contributed by atoms with E-state index in [1.165, 1.54) is 16.7 Å². The van der Waals surface area contributed by atoms with Gasteiger partial charge in [-0.2, -0.15) is 0 Å². The molecule has 122 valence electrons. The smallest absolute Gasteiger partial charge is 0.407 e. The van der Waals surface area contributed by atoms with E-state index in [-0.39, 0.29) is 18.2 Å². The highest BCUT2D eigenvalue weighted by atomic mass is 16.6. The van der Waals surface area contributed by atoms with E-state index in [9.17, 15) is 4.79 Å². The van der Waals surface area contributed by atoms with Crippen LogP contribution >= 0.6 is 0 Å². The molecular weight excluding hydrogens is 276 g/mol. The summed E-state index contributed by atoms with van der Waals surface area (Å²) in [5.41, 5.74) is 3.51. The highest BCUT2D eigenvalue weighted by molar-refractivity contribution is 5.68. The molecule has 2 N–H and O–H groups in total. The molecule has 22 heavy (non-hydrogen) atoms. The highest BCUT2D eigenvalue weighted by Gasteiger charge is 2.26. The quantitative estimate of drug-likeness (QED) is 0.877. The maximum atomic E-state index is 11.9. The standard InChI is InChI=1S/C18H28N2O2/c1-12-7-6-8-15(13(12)2)16-11-14(9-10-19-16)20-17(21)22-18(3,4)5/h6-8,14,16,19H,9-11H2,1-5H3,(H,20,21). The van der Waals surface area contributed by atoms with Crippen LogP contribution in [-0.2, 0) is 4.74 Å². The number of hydrogen-bond acceptors (Lipinski definition) is 3. The SMILES string of the molecule is Cc1cccc(C2CC(NC(=O)OC(C)(C)C)CCN2)c1C. The first-order valence-electron chi connectivity index (χ1n) is 8.05. The van der Waals surface area contributed by atoms with Gasteiger partial charge in [0.1, 0.15) is 5.60 Å². The fourth-order valence-electron chi connectivity index (χ4n) is 2.91. The van der Waals surface area contributed by atoms with Crippen LogP contribution in [0.5, 0.6) is 0 Å². The molecule has 1 heterocycles. The maximum absolute atomic E-state index is 11.9. The summed E-state index contributed by atoms with van der Waals surface area (Å²) >= 11 is 0. The number of aryl methyl sites for hydroxylation is 1. The van der Waals surface area contributed by atoms with Crippen molar-refractivity contribution in [3.63, 3.8) is 0 Å². The van der Waals surface area contributed by atoms with E-state index in [0.717, 1.165) is 19.4 Å². The Balaban J connectivity index is 2.00. The number of carbonyl (C=O) groups excluding carboxylic acids is 1. The zero-order valence-corrected chi connectivity index (χ0v) is 14.3. The molecular formula is C18H28N2O2. The first-order chi connectivity index (χ1) is 10.3. The number of rotatable bonds is 2. The van der Waals surface area contributed by atoms with Gasteiger partial charge in [-0.1, -0.05) is 18.2 Å². The van der Waals surface area contributed by atoms with Gasteiger partial charge < -0.3 is 15.4 Å². The van der Waals surface area contributed by atoms with Gasteiger partial charge in [0.05, 0.1) is 0 Å². The number of piperidine rings is 1. The molecule has 0 spiro atoms. The zero-order chi connectivity index (χ0) is 16.3. The van der Waals surface area contributed by atoms with Gasteiger partial charge in [-0.25, -0.2) is 4.79 Å². The Bertz CT molecular complexity index is 534. The summed E-state index contributed by atoms with van der Waals surface area (Å²) < 4.78 is 5.35. The molecule has 2 atom stereocenters. The number of hydrogen-bond donors (Lipinski definition) is 2. The van der Waals surface area contributed by atoms with E-state index in [0.29, 0.717) is 0 Å². The lowest BCUT2D eigenvalue weighted by molar-refractivity contribution is 0.0490. The molecule has 0 aromatic heterocycles. The number of ether oxygens (including phenoxy) is 1. The Morgan fingerprint density at radius 3 is 2.73 bits per heavy atom. The van der Waals surface area contributed by atoms with Crippen molar-refractivity contribution in [1.29, 1.82) is 0 Å². The molecule has 4 nitrogen and oxygen atoms in total. The summed E-state index contributed by atoms with van der Waals surface area (Å²) in [5, 5.41) is 6.57. The minimum Gasteiger partial charge on any atom is -0.444 e. The van der Waals surface area contributed by atoms with E-state index in [4.69, 9.17) is 4.74 Å². The zero-order valence-electron chi connectivity index (χ0n) is 14.3. The van der Waals surface area contributed by atoms with E-state index >= 15 is 0 Å². The van der Waals surface area contributed by atoms with Crippen molar-refractivity contribution in [3.05, 3.63) is 34.9 Å². The van der Waals surface area contributed by atoms with Crippen molar-refractivity contribution in [1.82, 2.24) is 10.6 Å². The van der Waals surface area contributed by atoms with E-state index in [1.807, 2.05) is 20.8 Å². The number of benzene rings is 1. The van der Waals surface area contributed by atoms with Crippen molar-refractivity contribution < 1.29 is 9.53 Å². The molecule has 0 aliphatic carbocycles. The van der Waals surface area contributed by atoms with Gasteiger partial charge in [0, 0.05) is 12.1 Å². The molecule has 1 fully saturated rings. The topological polar surface area (TPSA) is 50.4 Å². The van der Waals surface area contributed by atoms with Crippen LogP contribution in [-0.4, -0.2) is 24.3 Å². The van der Waals surface area contributed by atoms with E-state index in [2.05, 4.69) is 42.7 Å². The van der Waals surface area contributed by atoms with Crippen LogP contribution in [0.15, 0.2) is 18.2 Å². The predicted octanol–water partition coefficient (Wildman–Crippen LogP) is 3.62. The second-order valence-electron chi connectivity index (χ2n) is 7.16. The predicted molar refractivity (Wildman–Crippen MR) is 89.1 cm³/mol. The third-order valence-electron chi connectivity index (χ3n) is 4.15. The highest BCUT2D eigenvalue weighted by Crippen LogP contribution is 2.27. The number of carbonyl (C=O) groups is 1. The van der Waals surface area contributed by atoms with Gasteiger partial charge >= 0.3 is 6.09 Å². The van der Waals surface area contributed by atoms with Crippen LogP contribution < -0.4 is 10.6 Å². The Morgan fingerprint density at radius 1 is 1.32 bits per heavy atom. The fraction of sp³-hybridized carbons (Fsp3) is 0.611. The van der Waals surface area contributed by atoms with Crippen molar-refractivity contribution >= 4 is 6.09 Å². The van der Waals surface area contributed by atoms with Gasteiger partial charge in [0.25, 0.3) is 0 Å². The third kappa shape index (κ3) is 4.47. The van der Waals surface area contributed by atoms with E-state index < -0.39 is 5.60 Å². The Labute approximate surface area is 133 Å². The third-order valence-corrected chi connectivity index (χ3v) is 4.15.